The molecule has 1 atom stereocenters. The first-order valence-electron chi connectivity index (χ1n) is 8.81. The predicted octanol–water partition coefficient (Wildman–Crippen LogP) is 3.02. The van der Waals surface area contributed by atoms with Crippen LogP contribution in [0.4, 0.5) is 29.6 Å². The second-order valence-electron chi connectivity index (χ2n) is 6.79. The first-order valence-corrected chi connectivity index (χ1v) is 8.81. The van der Waals surface area contributed by atoms with Crippen molar-refractivity contribution in [3.05, 3.63) is 35.5 Å². The van der Waals surface area contributed by atoms with Crippen LogP contribution < -0.4 is 15.5 Å². The second kappa shape index (κ2) is 6.93. The van der Waals surface area contributed by atoms with E-state index in [4.69, 9.17) is 4.74 Å². The molecule has 1 amide bonds. The van der Waals surface area contributed by atoms with Crippen LogP contribution in [0.2, 0.25) is 0 Å². The fourth-order valence-electron chi connectivity index (χ4n) is 3.38. The lowest BCUT2D eigenvalue weighted by atomic mass is 10.0. The highest BCUT2D eigenvalue weighted by atomic mass is 19.4. The minimum absolute atomic E-state index is 0.0811. The zero-order chi connectivity index (χ0) is 19.9. The van der Waals surface area contributed by atoms with E-state index in [1.807, 2.05) is 11.8 Å². The second-order valence-corrected chi connectivity index (χ2v) is 6.79. The third-order valence-corrected chi connectivity index (χ3v) is 4.73. The smallest absolute Gasteiger partial charge is 0.416 e. The van der Waals surface area contributed by atoms with Gasteiger partial charge in [0.2, 0.25) is 0 Å². The van der Waals surface area contributed by atoms with Gasteiger partial charge in [-0.15, -0.1) is 0 Å². The van der Waals surface area contributed by atoms with Gasteiger partial charge in [-0.2, -0.15) is 13.2 Å². The highest BCUT2D eigenvalue weighted by Gasteiger charge is 2.33. The lowest BCUT2D eigenvalue weighted by Gasteiger charge is -2.33. The molecule has 0 spiro atoms. The van der Waals surface area contributed by atoms with Crippen molar-refractivity contribution in [1.82, 2.24) is 15.3 Å². The Bertz CT molecular complexity index is 919. The number of carbonyl (C=O) groups excluding carboxylic acids is 1. The van der Waals surface area contributed by atoms with Crippen LogP contribution in [-0.4, -0.2) is 41.7 Å². The number of pyridine rings is 2. The molecule has 2 N–H and O–H groups in total. The number of amides is 1. The van der Waals surface area contributed by atoms with Gasteiger partial charge in [-0.05, 0) is 25.1 Å². The maximum atomic E-state index is 13.5. The fourth-order valence-corrected chi connectivity index (χ4v) is 3.38. The maximum absolute atomic E-state index is 13.5. The Hall–Kier alpha value is -2.88. The molecular weight excluding hydrogens is 375 g/mol. The molecule has 0 radical (unpaired) electrons. The normalized spacial score (nSPS) is 19.6. The molecule has 4 heterocycles. The summed E-state index contributed by atoms with van der Waals surface area (Å²) in [4.78, 5) is 21.8. The molecule has 7 nitrogen and oxygen atoms in total. The lowest BCUT2D eigenvalue weighted by molar-refractivity contribution is -0.137. The monoisotopic (exact) mass is 393 g/mol. The van der Waals surface area contributed by atoms with Crippen molar-refractivity contribution in [2.75, 3.05) is 29.9 Å². The molecule has 4 rings (SSSR count). The van der Waals surface area contributed by atoms with Crippen molar-refractivity contribution >= 4 is 17.7 Å². The number of rotatable bonds is 2. The Morgan fingerprint density at radius 2 is 2.14 bits per heavy atom. The van der Waals surface area contributed by atoms with Gasteiger partial charge in [-0.25, -0.2) is 14.8 Å². The van der Waals surface area contributed by atoms with E-state index in [0.29, 0.717) is 30.8 Å². The minimum Gasteiger partial charge on any atom is -0.444 e. The van der Waals surface area contributed by atoms with E-state index in [9.17, 15) is 18.0 Å². The van der Waals surface area contributed by atoms with E-state index in [-0.39, 0.29) is 30.0 Å². The summed E-state index contributed by atoms with van der Waals surface area (Å²) >= 11 is 0. The van der Waals surface area contributed by atoms with Gasteiger partial charge < -0.3 is 15.0 Å². The molecule has 1 fully saturated rings. The zero-order valence-corrected chi connectivity index (χ0v) is 15.0. The Morgan fingerprint density at radius 1 is 1.32 bits per heavy atom. The predicted molar refractivity (Wildman–Crippen MR) is 96.0 cm³/mol. The van der Waals surface area contributed by atoms with Crippen LogP contribution in [0.15, 0.2) is 24.4 Å². The van der Waals surface area contributed by atoms with Crippen LogP contribution in [-0.2, 0) is 17.5 Å². The molecule has 1 saturated heterocycles. The van der Waals surface area contributed by atoms with Gasteiger partial charge in [0, 0.05) is 43.0 Å². The molecule has 2 aromatic rings. The lowest BCUT2D eigenvalue weighted by Crippen LogP contribution is -2.49. The van der Waals surface area contributed by atoms with Crippen LogP contribution in [0, 0.1) is 0 Å². The first-order chi connectivity index (χ1) is 13.3. The van der Waals surface area contributed by atoms with Crippen molar-refractivity contribution < 1.29 is 22.7 Å². The van der Waals surface area contributed by atoms with Gasteiger partial charge >= 0.3 is 12.3 Å². The number of cyclic esters (lactones) is 1. The van der Waals surface area contributed by atoms with Crippen LogP contribution in [0.5, 0.6) is 0 Å². The summed E-state index contributed by atoms with van der Waals surface area (Å²) in [5.41, 5.74) is 0.327. The van der Waals surface area contributed by atoms with Crippen LogP contribution >= 0.6 is 0 Å². The summed E-state index contributed by atoms with van der Waals surface area (Å²) in [6, 6.07) is 3.81. The summed E-state index contributed by atoms with van der Waals surface area (Å²) in [5, 5.41) is 5.72. The molecule has 0 saturated carbocycles. The highest BCUT2D eigenvalue weighted by molar-refractivity contribution is 5.88. The number of nitrogens with zero attached hydrogens (tertiary/aromatic N) is 3. The van der Waals surface area contributed by atoms with E-state index in [0.717, 1.165) is 12.1 Å². The third-order valence-electron chi connectivity index (χ3n) is 4.73. The SMILES string of the molecule is CC1CN(c2cc(C(F)(F)F)cc(-c3ccnc4c3COC(=O)N4)n2)CCN1. The van der Waals surface area contributed by atoms with Gasteiger partial charge in [0.1, 0.15) is 18.2 Å². The number of carbonyl (C=O) groups is 1. The molecule has 28 heavy (non-hydrogen) atoms. The number of fused-ring (bicyclic) bond motifs is 1. The van der Waals surface area contributed by atoms with Gasteiger partial charge in [0.15, 0.2) is 0 Å². The van der Waals surface area contributed by atoms with Gasteiger partial charge in [-0.1, -0.05) is 0 Å². The number of alkyl halides is 3. The summed E-state index contributed by atoms with van der Waals surface area (Å²) < 4.78 is 45.6. The molecule has 0 bridgehead atoms. The average Bonchev–Trinajstić information content (AvgIpc) is 2.66. The summed E-state index contributed by atoms with van der Waals surface area (Å²) in [7, 11) is 0. The van der Waals surface area contributed by atoms with Crippen LogP contribution in [0.25, 0.3) is 11.3 Å². The maximum Gasteiger partial charge on any atom is 0.416 e. The van der Waals surface area contributed by atoms with E-state index in [2.05, 4.69) is 20.6 Å². The number of halogens is 3. The molecule has 2 aliphatic heterocycles. The Labute approximate surface area is 158 Å². The number of ether oxygens (including phenoxy) is 1. The van der Waals surface area contributed by atoms with Crippen LogP contribution in [0.3, 0.4) is 0 Å². The van der Waals surface area contributed by atoms with Crippen molar-refractivity contribution in [3.8, 4) is 11.3 Å². The highest BCUT2D eigenvalue weighted by Crippen LogP contribution is 2.36. The number of hydrogen-bond donors (Lipinski definition) is 2. The van der Waals surface area contributed by atoms with Crippen molar-refractivity contribution in [1.29, 1.82) is 0 Å². The standard InChI is InChI=1S/C18H18F3N5O2/c1-10-8-26(5-4-22-10)15-7-11(18(19,20)21)6-14(24-15)12-2-3-23-16-13(12)9-28-17(27)25-16/h2-3,6-7,10,22H,4-5,8-9H2,1H3,(H,23,25,27). The first kappa shape index (κ1) is 18.5. The number of nitrogens with one attached hydrogen (secondary N) is 2. The van der Waals surface area contributed by atoms with E-state index in [1.165, 1.54) is 6.20 Å². The van der Waals surface area contributed by atoms with Crippen molar-refractivity contribution in [2.24, 2.45) is 0 Å². The third kappa shape index (κ3) is 3.59. The van der Waals surface area contributed by atoms with Crippen LogP contribution in [0.1, 0.15) is 18.1 Å². The van der Waals surface area contributed by atoms with Crippen molar-refractivity contribution in [2.45, 2.75) is 25.7 Å². The van der Waals surface area contributed by atoms with E-state index < -0.39 is 17.8 Å². The molecule has 2 aromatic heterocycles. The number of piperazine rings is 1. The number of aromatic nitrogens is 2. The van der Waals surface area contributed by atoms with E-state index in [1.54, 1.807) is 6.07 Å². The molecule has 1 unspecified atom stereocenters. The molecule has 2 aliphatic rings. The van der Waals surface area contributed by atoms with Gasteiger partial charge in [0.05, 0.1) is 11.3 Å². The Balaban J connectivity index is 1.82. The Morgan fingerprint density at radius 3 is 2.89 bits per heavy atom. The fraction of sp³-hybridized carbons (Fsp3) is 0.389. The van der Waals surface area contributed by atoms with Gasteiger partial charge in [0.25, 0.3) is 0 Å². The largest absolute Gasteiger partial charge is 0.444 e. The topological polar surface area (TPSA) is 79.4 Å². The summed E-state index contributed by atoms with van der Waals surface area (Å²) in [5.74, 6) is 0.537. The number of hydrogen-bond acceptors (Lipinski definition) is 6. The number of anilines is 2. The van der Waals surface area contributed by atoms with Gasteiger partial charge in [-0.3, -0.25) is 5.32 Å². The Kier molecular flexibility index (Phi) is 4.58. The molecule has 148 valence electrons. The minimum atomic E-state index is -4.51. The van der Waals surface area contributed by atoms with Crippen molar-refractivity contribution in [3.63, 3.8) is 0 Å². The zero-order valence-electron chi connectivity index (χ0n) is 15.0. The molecular formula is C18H18F3N5O2. The molecule has 10 heteroatoms. The molecule has 0 aromatic carbocycles. The summed E-state index contributed by atoms with van der Waals surface area (Å²) in [6.45, 7) is 3.67. The summed E-state index contributed by atoms with van der Waals surface area (Å²) in [6.07, 6.45) is -3.73. The quantitative estimate of drug-likeness (QED) is 0.817. The average molecular weight is 393 g/mol. The van der Waals surface area contributed by atoms with E-state index >= 15 is 0 Å². The molecule has 0 aliphatic carbocycles.